The number of amides is 2. The van der Waals surface area contributed by atoms with Crippen LogP contribution in [0.2, 0.25) is 5.02 Å². The number of methoxy groups -OCH3 is 1. The number of nitrogens with one attached hydrogen (secondary N) is 2. The summed E-state index contributed by atoms with van der Waals surface area (Å²) in [6, 6.07) is 10.3. The maximum absolute atomic E-state index is 13.0. The Balaban J connectivity index is 1.92. The van der Waals surface area contributed by atoms with Crippen LogP contribution < -0.4 is 15.4 Å². The number of ether oxygens (including phenoxy) is 1. The molecule has 122 valence electrons. The number of aliphatic hydroxyl groups is 1. The summed E-state index contributed by atoms with van der Waals surface area (Å²) in [6.07, 6.45) is -0.922. The maximum Gasteiger partial charge on any atom is 0.319 e. The molecule has 0 bridgehead atoms. The van der Waals surface area contributed by atoms with Crippen LogP contribution in [-0.2, 0) is 0 Å². The monoisotopic (exact) mass is 338 g/mol. The Bertz CT molecular complexity index is 697. The number of halogens is 2. The first-order valence-corrected chi connectivity index (χ1v) is 7.20. The number of rotatable bonds is 5. The molecule has 7 heteroatoms. The van der Waals surface area contributed by atoms with E-state index < -0.39 is 18.0 Å². The standard InChI is InChI=1S/C16H16ClFN2O3/c1-23-15-5-3-2-4-11(15)14(21)9-19-16(22)20-10-6-7-13(18)12(17)8-10/h2-8,14,21H,9H2,1H3,(H2,19,20,22). The van der Waals surface area contributed by atoms with Gasteiger partial charge in [-0.05, 0) is 24.3 Å². The molecule has 2 amide bonds. The smallest absolute Gasteiger partial charge is 0.319 e. The van der Waals surface area contributed by atoms with Crippen molar-refractivity contribution in [1.29, 1.82) is 0 Å². The third kappa shape index (κ3) is 4.58. The first-order valence-electron chi connectivity index (χ1n) is 6.82. The number of carbonyl (C=O) groups is 1. The van der Waals surface area contributed by atoms with Crippen molar-refractivity contribution in [2.24, 2.45) is 0 Å². The van der Waals surface area contributed by atoms with Crippen LogP contribution in [-0.4, -0.2) is 24.8 Å². The fourth-order valence-electron chi connectivity index (χ4n) is 1.99. The van der Waals surface area contributed by atoms with E-state index in [1.54, 1.807) is 24.3 Å². The molecule has 0 fully saturated rings. The molecule has 2 rings (SSSR count). The van der Waals surface area contributed by atoms with Crippen molar-refractivity contribution in [2.45, 2.75) is 6.10 Å². The SMILES string of the molecule is COc1ccccc1C(O)CNC(=O)Nc1ccc(F)c(Cl)c1. The number of para-hydroxylation sites is 1. The van der Waals surface area contributed by atoms with E-state index in [4.69, 9.17) is 16.3 Å². The second kappa shape index (κ2) is 7.80. The van der Waals surface area contributed by atoms with Gasteiger partial charge in [0.1, 0.15) is 11.6 Å². The second-order valence-electron chi connectivity index (χ2n) is 4.72. The van der Waals surface area contributed by atoms with Gasteiger partial charge >= 0.3 is 6.03 Å². The predicted octanol–water partition coefficient (Wildman–Crippen LogP) is 3.34. The lowest BCUT2D eigenvalue weighted by Crippen LogP contribution is -2.32. The van der Waals surface area contributed by atoms with Crippen LogP contribution in [0, 0.1) is 5.82 Å². The molecule has 5 nitrogen and oxygen atoms in total. The lowest BCUT2D eigenvalue weighted by molar-refractivity contribution is 0.171. The third-order valence-electron chi connectivity index (χ3n) is 3.13. The zero-order chi connectivity index (χ0) is 16.8. The lowest BCUT2D eigenvalue weighted by atomic mass is 10.1. The minimum Gasteiger partial charge on any atom is -0.496 e. The molecule has 1 unspecified atom stereocenters. The normalized spacial score (nSPS) is 11.7. The van der Waals surface area contributed by atoms with Crippen molar-refractivity contribution in [3.8, 4) is 5.75 Å². The fourth-order valence-corrected chi connectivity index (χ4v) is 2.17. The third-order valence-corrected chi connectivity index (χ3v) is 3.42. The summed E-state index contributed by atoms with van der Waals surface area (Å²) in [6.45, 7) is -0.0128. The van der Waals surface area contributed by atoms with Gasteiger partial charge in [0.15, 0.2) is 0 Å². The van der Waals surface area contributed by atoms with Crippen LogP contribution in [0.4, 0.5) is 14.9 Å². The van der Waals surface area contributed by atoms with Gasteiger partial charge in [0, 0.05) is 17.8 Å². The highest BCUT2D eigenvalue weighted by Crippen LogP contribution is 2.24. The molecular formula is C16H16ClFN2O3. The summed E-state index contributed by atoms with van der Waals surface area (Å²) in [5.74, 6) is -0.0308. The number of hydrogen-bond donors (Lipinski definition) is 3. The largest absolute Gasteiger partial charge is 0.496 e. The Labute approximate surface area is 138 Å². The van der Waals surface area contributed by atoms with Gasteiger partial charge in [-0.3, -0.25) is 0 Å². The highest BCUT2D eigenvalue weighted by molar-refractivity contribution is 6.31. The summed E-state index contributed by atoms with van der Waals surface area (Å²) >= 11 is 5.64. The number of urea groups is 1. The molecule has 0 heterocycles. The minimum absolute atomic E-state index is 0.0128. The van der Waals surface area contributed by atoms with Crippen molar-refractivity contribution < 1.29 is 19.0 Å². The van der Waals surface area contributed by atoms with E-state index in [1.807, 2.05) is 0 Å². The molecule has 0 radical (unpaired) electrons. The van der Waals surface area contributed by atoms with Crippen LogP contribution in [0.3, 0.4) is 0 Å². The van der Waals surface area contributed by atoms with Crippen LogP contribution in [0.25, 0.3) is 0 Å². The lowest BCUT2D eigenvalue weighted by Gasteiger charge is -2.15. The minimum atomic E-state index is -0.922. The van der Waals surface area contributed by atoms with Gasteiger partial charge in [-0.1, -0.05) is 29.8 Å². The Morgan fingerprint density at radius 2 is 2.09 bits per heavy atom. The van der Waals surface area contributed by atoms with Crippen molar-refractivity contribution >= 4 is 23.3 Å². The molecule has 1 atom stereocenters. The van der Waals surface area contributed by atoms with E-state index in [0.29, 0.717) is 17.0 Å². The molecule has 0 aliphatic heterocycles. The van der Waals surface area contributed by atoms with Crippen LogP contribution in [0.15, 0.2) is 42.5 Å². The predicted molar refractivity (Wildman–Crippen MR) is 86.4 cm³/mol. The maximum atomic E-state index is 13.0. The molecule has 0 aliphatic carbocycles. The second-order valence-corrected chi connectivity index (χ2v) is 5.13. The number of hydrogen-bond acceptors (Lipinski definition) is 3. The Morgan fingerprint density at radius 3 is 2.78 bits per heavy atom. The van der Waals surface area contributed by atoms with E-state index in [-0.39, 0.29) is 11.6 Å². The fraction of sp³-hybridized carbons (Fsp3) is 0.188. The molecule has 0 spiro atoms. The zero-order valence-electron chi connectivity index (χ0n) is 12.3. The summed E-state index contributed by atoms with van der Waals surface area (Å²) in [4.78, 5) is 11.8. The van der Waals surface area contributed by atoms with Gasteiger partial charge in [0.2, 0.25) is 0 Å². The number of benzene rings is 2. The summed E-state index contributed by atoms with van der Waals surface area (Å²) < 4.78 is 18.2. The average Bonchev–Trinajstić information content (AvgIpc) is 2.56. The molecule has 0 saturated heterocycles. The Morgan fingerprint density at radius 1 is 1.35 bits per heavy atom. The van der Waals surface area contributed by atoms with Gasteiger partial charge in [0.05, 0.1) is 18.2 Å². The van der Waals surface area contributed by atoms with Gasteiger partial charge < -0.3 is 20.5 Å². The van der Waals surface area contributed by atoms with E-state index in [9.17, 15) is 14.3 Å². The zero-order valence-corrected chi connectivity index (χ0v) is 13.1. The molecule has 0 aliphatic rings. The van der Waals surface area contributed by atoms with E-state index >= 15 is 0 Å². The average molecular weight is 339 g/mol. The van der Waals surface area contributed by atoms with Crippen molar-refractivity contribution in [3.63, 3.8) is 0 Å². The molecule has 2 aromatic carbocycles. The molecular weight excluding hydrogens is 323 g/mol. The first-order chi connectivity index (χ1) is 11.0. The van der Waals surface area contributed by atoms with Crippen LogP contribution in [0.5, 0.6) is 5.75 Å². The molecule has 23 heavy (non-hydrogen) atoms. The van der Waals surface area contributed by atoms with E-state index in [0.717, 1.165) is 6.07 Å². The van der Waals surface area contributed by atoms with E-state index in [2.05, 4.69) is 10.6 Å². The first kappa shape index (κ1) is 17.1. The topological polar surface area (TPSA) is 70.6 Å². The summed E-state index contributed by atoms with van der Waals surface area (Å²) in [5.41, 5.74) is 0.917. The Hall–Kier alpha value is -2.31. The summed E-state index contributed by atoms with van der Waals surface area (Å²) in [7, 11) is 1.50. The number of anilines is 1. The highest BCUT2D eigenvalue weighted by Gasteiger charge is 2.14. The molecule has 2 aromatic rings. The summed E-state index contributed by atoms with van der Waals surface area (Å²) in [5, 5.41) is 15.1. The molecule has 0 aromatic heterocycles. The van der Waals surface area contributed by atoms with Gasteiger partial charge in [0.25, 0.3) is 0 Å². The van der Waals surface area contributed by atoms with E-state index in [1.165, 1.54) is 19.2 Å². The highest BCUT2D eigenvalue weighted by atomic mass is 35.5. The van der Waals surface area contributed by atoms with Gasteiger partial charge in [-0.15, -0.1) is 0 Å². The van der Waals surface area contributed by atoms with Crippen molar-refractivity contribution in [1.82, 2.24) is 5.32 Å². The van der Waals surface area contributed by atoms with Crippen LogP contribution >= 0.6 is 11.6 Å². The quantitative estimate of drug-likeness (QED) is 0.783. The molecule has 3 N–H and O–H groups in total. The number of aliphatic hydroxyl groups excluding tert-OH is 1. The molecule has 0 saturated carbocycles. The number of carbonyl (C=O) groups excluding carboxylic acids is 1. The van der Waals surface area contributed by atoms with Gasteiger partial charge in [-0.25, -0.2) is 9.18 Å². The van der Waals surface area contributed by atoms with Crippen molar-refractivity contribution in [3.05, 3.63) is 58.9 Å². The van der Waals surface area contributed by atoms with Crippen LogP contribution in [0.1, 0.15) is 11.7 Å². The van der Waals surface area contributed by atoms with Crippen molar-refractivity contribution in [2.75, 3.05) is 19.0 Å². The Kier molecular flexibility index (Phi) is 5.78. The van der Waals surface area contributed by atoms with Gasteiger partial charge in [-0.2, -0.15) is 0 Å².